The van der Waals surface area contributed by atoms with Crippen molar-refractivity contribution >= 4 is 0 Å². The minimum atomic E-state index is -0.163. The molecular weight excluding hydrogens is 352 g/mol. The van der Waals surface area contributed by atoms with Crippen molar-refractivity contribution in [2.45, 2.75) is 61.9 Å². The Morgan fingerprint density at radius 2 is 1.45 bits per heavy atom. The van der Waals surface area contributed by atoms with Gasteiger partial charge in [-0.15, -0.1) is 0 Å². The van der Waals surface area contributed by atoms with Crippen LogP contribution in [0.5, 0.6) is 0 Å². The molecule has 0 bridgehead atoms. The van der Waals surface area contributed by atoms with E-state index in [4.69, 9.17) is 0 Å². The quantitative estimate of drug-likeness (QED) is 0.592. The zero-order valence-corrected chi connectivity index (χ0v) is 14.9. The Balaban J connectivity index is -0.000000126. The molecular formula is C18H33FN2Y. The largest absolute Gasteiger partial charge is 0.270 e. The molecule has 0 aliphatic heterocycles. The fraction of sp³-hybridized carbons (Fsp3) is 0.500. The van der Waals surface area contributed by atoms with Gasteiger partial charge in [0.25, 0.3) is 0 Å². The predicted octanol–water partition coefficient (Wildman–Crippen LogP) is 6.32. The molecule has 0 N–H and O–H groups in total. The standard InChI is InChI=1S/C9H11F.C6H10N2.3CH4.Y/c1-7(2)8-3-5-9(10)6-4-8;1-6(2)8-5-3-4-7-8;;;;/h3-7H,1-2H3;3-6H,1-2H3;3*1H4;. The van der Waals surface area contributed by atoms with Gasteiger partial charge in [-0.25, -0.2) is 4.39 Å². The molecule has 1 heterocycles. The van der Waals surface area contributed by atoms with E-state index >= 15 is 0 Å². The molecule has 2 aromatic rings. The van der Waals surface area contributed by atoms with Crippen molar-refractivity contribution in [1.82, 2.24) is 9.78 Å². The van der Waals surface area contributed by atoms with Gasteiger partial charge in [0, 0.05) is 51.1 Å². The first kappa shape index (κ1) is 29.5. The number of rotatable bonds is 2. The van der Waals surface area contributed by atoms with Crippen LogP contribution < -0.4 is 0 Å². The molecule has 1 aromatic carbocycles. The summed E-state index contributed by atoms with van der Waals surface area (Å²) >= 11 is 0. The Hall–Kier alpha value is -0.536. The molecule has 22 heavy (non-hydrogen) atoms. The van der Waals surface area contributed by atoms with Crippen LogP contribution in [-0.2, 0) is 32.7 Å². The van der Waals surface area contributed by atoms with E-state index in [2.05, 4.69) is 32.8 Å². The Kier molecular flexibility index (Phi) is 20.6. The van der Waals surface area contributed by atoms with Crippen LogP contribution in [0.3, 0.4) is 0 Å². The van der Waals surface area contributed by atoms with Crippen molar-refractivity contribution < 1.29 is 37.1 Å². The Morgan fingerprint density at radius 3 is 1.73 bits per heavy atom. The van der Waals surface area contributed by atoms with Gasteiger partial charge in [-0.2, -0.15) is 5.10 Å². The van der Waals surface area contributed by atoms with E-state index in [1.165, 1.54) is 17.7 Å². The third-order valence-corrected chi connectivity index (χ3v) is 2.59. The summed E-state index contributed by atoms with van der Waals surface area (Å²) < 4.78 is 14.3. The zero-order chi connectivity index (χ0) is 13.5. The summed E-state index contributed by atoms with van der Waals surface area (Å²) in [6.45, 7) is 8.39. The fourth-order valence-electron chi connectivity index (χ4n) is 1.43. The van der Waals surface area contributed by atoms with Gasteiger partial charge in [-0.05, 0) is 43.5 Å². The van der Waals surface area contributed by atoms with Crippen molar-refractivity contribution in [3.05, 3.63) is 54.1 Å². The van der Waals surface area contributed by atoms with Gasteiger partial charge in [-0.1, -0.05) is 48.3 Å². The smallest absolute Gasteiger partial charge is 0.123 e. The molecule has 0 aliphatic carbocycles. The average Bonchev–Trinajstić information content (AvgIpc) is 2.84. The Bertz CT molecular complexity index is 437. The normalized spacial score (nSPS) is 8.50. The van der Waals surface area contributed by atoms with Crippen molar-refractivity contribution in [3.8, 4) is 0 Å². The van der Waals surface area contributed by atoms with Gasteiger partial charge in [-0.3, -0.25) is 4.68 Å². The van der Waals surface area contributed by atoms with Crippen LogP contribution in [0.1, 0.15) is 67.5 Å². The summed E-state index contributed by atoms with van der Waals surface area (Å²) in [5, 5.41) is 4.03. The molecule has 0 unspecified atom stereocenters. The molecule has 0 atom stereocenters. The molecule has 0 spiro atoms. The maximum atomic E-state index is 12.4. The molecule has 0 amide bonds. The second-order valence-corrected chi connectivity index (χ2v) is 4.79. The van der Waals surface area contributed by atoms with E-state index in [1.54, 1.807) is 6.20 Å². The van der Waals surface area contributed by atoms with Gasteiger partial charge in [0.1, 0.15) is 5.82 Å². The second-order valence-electron chi connectivity index (χ2n) is 4.79. The van der Waals surface area contributed by atoms with Crippen molar-refractivity contribution in [2.75, 3.05) is 0 Å². The van der Waals surface area contributed by atoms with Crippen LogP contribution in [0.4, 0.5) is 4.39 Å². The van der Waals surface area contributed by atoms with Gasteiger partial charge < -0.3 is 0 Å². The van der Waals surface area contributed by atoms with Crippen molar-refractivity contribution in [2.24, 2.45) is 0 Å². The third kappa shape index (κ3) is 11.1. The van der Waals surface area contributed by atoms with Crippen LogP contribution in [0.15, 0.2) is 42.7 Å². The molecule has 0 aliphatic rings. The molecule has 0 saturated carbocycles. The fourth-order valence-corrected chi connectivity index (χ4v) is 1.43. The van der Waals surface area contributed by atoms with E-state index < -0.39 is 0 Å². The number of hydrogen-bond acceptors (Lipinski definition) is 1. The van der Waals surface area contributed by atoms with E-state index in [0.29, 0.717) is 12.0 Å². The Labute approximate surface area is 162 Å². The Morgan fingerprint density at radius 1 is 0.955 bits per heavy atom. The summed E-state index contributed by atoms with van der Waals surface area (Å²) in [6, 6.07) is 9.05. The van der Waals surface area contributed by atoms with Gasteiger partial charge in [0.05, 0.1) is 0 Å². The monoisotopic (exact) mass is 385 g/mol. The molecule has 0 saturated heterocycles. The molecule has 125 valence electrons. The topological polar surface area (TPSA) is 17.8 Å². The summed E-state index contributed by atoms with van der Waals surface area (Å²) in [4.78, 5) is 0. The summed E-state index contributed by atoms with van der Waals surface area (Å²) in [7, 11) is 0. The molecule has 2 nitrogen and oxygen atoms in total. The average molecular weight is 385 g/mol. The first-order chi connectivity index (χ1) is 8.50. The second kappa shape index (κ2) is 15.4. The summed E-state index contributed by atoms with van der Waals surface area (Å²) in [5.74, 6) is 0.324. The SMILES string of the molecule is C.C.C.CC(C)c1ccc(F)cc1.CC(C)n1cccn1.[Y]. The van der Waals surface area contributed by atoms with Crippen LogP contribution >= 0.6 is 0 Å². The molecule has 0 fully saturated rings. The number of aromatic nitrogens is 2. The molecule has 4 heteroatoms. The number of benzene rings is 1. The minimum absolute atomic E-state index is 0. The summed E-state index contributed by atoms with van der Waals surface area (Å²) in [6.07, 6.45) is 3.75. The molecule has 2 rings (SSSR count). The van der Waals surface area contributed by atoms with Gasteiger partial charge in [0.15, 0.2) is 0 Å². The van der Waals surface area contributed by atoms with Crippen LogP contribution in [-0.4, -0.2) is 9.78 Å². The maximum Gasteiger partial charge on any atom is 0.123 e. The maximum absolute atomic E-state index is 12.4. The number of nitrogens with zero attached hydrogens (tertiary/aromatic N) is 2. The van der Waals surface area contributed by atoms with Crippen molar-refractivity contribution in [3.63, 3.8) is 0 Å². The first-order valence-corrected chi connectivity index (χ1v) is 6.25. The van der Waals surface area contributed by atoms with Crippen LogP contribution in [0.2, 0.25) is 0 Å². The first-order valence-electron chi connectivity index (χ1n) is 6.25. The minimum Gasteiger partial charge on any atom is -0.270 e. The van der Waals surface area contributed by atoms with Crippen LogP contribution in [0.25, 0.3) is 0 Å². The van der Waals surface area contributed by atoms with Gasteiger partial charge >= 0.3 is 0 Å². The van der Waals surface area contributed by atoms with E-state index in [1.807, 2.05) is 29.1 Å². The van der Waals surface area contributed by atoms with Crippen LogP contribution in [0, 0.1) is 5.82 Å². The number of hydrogen-bond donors (Lipinski definition) is 0. The van der Waals surface area contributed by atoms with E-state index in [0.717, 1.165) is 0 Å². The number of halogens is 1. The van der Waals surface area contributed by atoms with Crippen molar-refractivity contribution in [1.29, 1.82) is 0 Å². The predicted molar refractivity (Wildman–Crippen MR) is 93.3 cm³/mol. The zero-order valence-electron chi connectivity index (χ0n) is 12.0. The summed E-state index contributed by atoms with van der Waals surface area (Å²) in [5.41, 5.74) is 1.18. The third-order valence-electron chi connectivity index (χ3n) is 2.59. The molecule has 1 aromatic heterocycles. The van der Waals surface area contributed by atoms with E-state index in [9.17, 15) is 4.39 Å². The van der Waals surface area contributed by atoms with Gasteiger partial charge in [0.2, 0.25) is 0 Å². The molecule has 1 radical (unpaired) electrons. The van der Waals surface area contributed by atoms with E-state index in [-0.39, 0.29) is 60.8 Å².